The maximum atomic E-state index is 13.7. The van der Waals surface area contributed by atoms with E-state index in [9.17, 15) is 17.6 Å². The van der Waals surface area contributed by atoms with Gasteiger partial charge in [-0.25, -0.2) is 13.2 Å². The number of benzene rings is 1. The van der Waals surface area contributed by atoms with Gasteiger partial charge in [0.2, 0.25) is 5.82 Å². The lowest BCUT2D eigenvalue weighted by Gasteiger charge is -2.30. The first kappa shape index (κ1) is 15.1. The number of halogens is 4. The minimum atomic E-state index is -3.02. The largest absolute Gasteiger partial charge is 0.493 e. The van der Waals surface area contributed by atoms with Gasteiger partial charge in [-0.15, -0.1) is 0 Å². The molecule has 1 aliphatic heterocycles. The first-order valence-corrected chi connectivity index (χ1v) is 6.23. The van der Waals surface area contributed by atoms with Crippen LogP contribution in [-0.2, 0) is 4.74 Å². The minimum Gasteiger partial charge on any atom is -0.493 e. The van der Waals surface area contributed by atoms with Crippen LogP contribution >= 0.6 is 0 Å². The summed E-state index contributed by atoms with van der Waals surface area (Å²) in [6.07, 6.45) is 0.0118. The van der Waals surface area contributed by atoms with E-state index in [0.29, 0.717) is 5.56 Å². The van der Waals surface area contributed by atoms with Crippen LogP contribution in [0.5, 0.6) is 5.75 Å². The summed E-state index contributed by atoms with van der Waals surface area (Å²) in [5.74, 6) is -5.87. The second-order valence-corrected chi connectivity index (χ2v) is 5.32. The number of alkyl halides is 2. The number of rotatable bonds is 3. The Bertz CT molecular complexity index is 513. The van der Waals surface area contributed by atoms with Crippen molar-refractivity contribution >= 4 is 0 Å². The molecule has 2 rings (SSSR count). The molecule has 1 aromatic carbocycles. The highest BCUT2D eigenvalue weighted by molar-refractivity contribution is 5.39. The van der Waals surface area contributed by atoms with E-state index in [1.54, 1.807) is 0 Å². The summed E-state index contributed by atoms with van der Waals surface area (Å²) < 4.78 is 64.0. The SMILES string of the molecule is COc1c(C2COC(C)(C(C)(F)F)C2)ccc(F)c1F. The second kappa shape index (κ2) is 4.91. The van der Waals surface area contributed by atoms with Gasteiger partial charge in [-0.1, -0.05) is 6.07 Å². The van der Waals surface area contributed by atoms with Crippen molar-refractivity contribution in [3.05, 3.63) is 29.3 Å². The van der Waals surface area contributed by atoms with Crippen molar-refractivity contribution in [2.45, 2.75) is 37.7 Å². The van der Waals surface area contributed by atoms with Gasteiger partial charge in [-0.3, -0.25) is 0 Å². The molecule has 0 bridgehead atoms. The van der Waals surface area contributed by atoms with E-state index in [2.05, 4.69) is 0 Å². The molecule has 2 nitrogen and oxygen atoms in total. The molecule has 1 heterocycles. The lowest BCUT2D eigenvalue weighted by molar-refractivity contribution is -0.165. The van der Waals surface area contributed by atoms with Crippen molar-refractivity contribution in [2.75, 3.05) is 13.7 Å². The van der Waals surface area contributed by atoms with Crippen LogP contribution in [0.1, 0.15) is 31.7 Å². The Labute approximate surface area is 114 Å². The topological polar surface area (TPSA) is 18.5 Å². The normalized spacial score (nSPS) is 26.9. The average molecular weight is 292 g/mol. The van der Waals surface area contributed by atoms with Crippen molar-refractivity contribution in [2.24, 2.45) is 0 Å². The molecule has 1 saturated heterocycles. The van der Waals surface area contributed by atoms with E-state index in [1.165, 1.54) is 20.1 Å². The number of methoxy groups -OCH3 is 1. The van der Waals surface area contributed by atoms with Crippen LogP contribution in [0.3, 0.4) is 0 Å². The molecule has 1 aromatic rings. The molecule has 1 aliphatic rings. The molecule has 112 valence electrons. The first-order chi connectivity index (χ1) is 9.19. The highest BCUT2D eigenvalue weighted by Gasteiger charge is 2.52. The third kappa shape index (κ3) is 2.37. The summed E-state index contributed by atoms with van der Waals surface area (Å²) in [5.41, 5.74) is -1.27. The van der Waals surface area contributed by atoms with E-state index in [1.807, 2.05) is 0 Å². The van der Waals surface area contributed by atoms with Gasteiger partial charge >= 0.3 is 0 Å². The van der Waals surface area contributed by atoms with Crippen LogP contribution in [0.15, 0.2) is 12.1 Å². The van der Waals surface area contributed by atoms with Gasteiger partial charge < -0.3 is 9.47 Å². The predicted molar refractivity (Wildman–Crippen MR) is 65.2 cm³/mol. The summed E-state index contributed by atoms with van der Waals surface area (Å²) >= 11 is 0. The predicted octanol–water partition coefficient (Wildman–Crippen LogP) is 3.89. The van der Waals surface area contributed by atoms with Crippen molar-refractivity contribution in [3.63, 3.8) is 0 Å². The third-order valence-electron chi connectivity index (χ3n) is 3.89. The van der Waals surface area contributed by atoms with Gasteiger partial charge in [0, 0.05) is 18.4 Å². The van der Waals surface area contributed by atoms with Crippen LogP contribution in [0, 0.1) is 11.6 Å². The highest BCUT2D eigenvalue weighted by atomic mass is 19.3. The Morgan fingerprint density at radius 1 is 1.35 bits per heavy atom. The van der Waals surface area contributed by atoms with Crippen LogP contribution in [0.2, 0.25) is 0 Å². The zero-order chi connectivity index (χ0) is 15.1. The van der Waals surface area contributed by atoms with Crippen LogP contribution in [0.25, 0.3) is 0 Å². The van der Waals surface area contributed by atoms with Crippen LogP contribution in [0.4, 0.5) is 17.6 Å². The third-order valence-corrected chi connectivity index (χ3v) is 3.89. The Kier molecular flexibility index (Phi) is 3.71. The summed E-state index contributed by atoms with van der Waals surface area (Å²) in [6.45, 7) is 2.12. The number of ether oxygens (including phenoxy) is 2. The molecule has 20 heavy (non-hydrogen) atoms. The zero-order valence-corrected chi connectivity index (χ0v) is 11.5. The fourth-order valence-corrected chi connectivity index (χ4v) is 2.45. The Morgan fingerprint density at radius 3 is 2.50 bits per heavy atom. The zero-order valence-electron chi connectivity index (χ0n) is 11.5. The summed E-state index contributed by atoms with van der Waals surface area (Å²) in [5, 5.41) is 0. The Hall–Kier alpha value is -1.30. The molecular formula is C14H16F4O2. The molecule has 2 unspecified atom stereocenters. The molecule has 0 radical (unpaired) electrons. The molecule has 2 atom stereocenters. The quantitative estimate of drug-likeness (QED) is 0.787. The lowest BCUT2D eigenvalue weighted by atomic mass is 9.86. The van der Waals surface area contributed by atoms with Crippen molar-refractivity contribution in [1.82, 2.24) is 0 Å². The molecule has 0 saturated carbocycles. The second-order valence-electron chi connectivity index (χ2n) is 5.32. The monoisotopic (exact) mass is 292 g/mol. The number of hydrogen-bond donors (Lipinski definition) is 0. The first-order valence-electron chi connectivity index (χ1n) is 6.23. The molecule has 6 heteroatoms. The molecule has 0 amide bonds. The Morgan fingerprint density at radius 2 is 2.00 bits per heavy atom. The smallest absolute Gasteiger partial charge is 0.273 e. The van der Waals surface area contributed by atoms with Crippen molar-refractivity contribution in [1.29, 1.82) is 0 Å². The maximum Gasteiger partial charge on any atom is 0.273 e. The van der Waals surface area contributed by atoms with Crippen molar-refractivity contribution < 1.29 is 27.0 Å². The van der Waals surface area contributed by atoms with Gasteiger partial charge in [0.15, 0.2) is 11.6 Å². The van der Waals surface area contributed by atoms with E-state index in [-0.39, 0.29) is 18.8 Å². The van der Waals surface area contributed by atoms with Crippen molar-refractivity contribution in [3.8, 4) is 5.75 Å². The minimum absolute atomic E-state index is 0.0118. The average Bonchev–Trinajstić information content (AvgIpc) is 2.76. The van der Waals surface area contributed by atoms with Gasteiger partial charge in [0.05, 0.1) is 13.7 Å². The molecule has 0 aliphatic carbocycles. The summed E-state index contributed by atoms with van der Waals surface area (Å²) in [4.78, 5) is 0. The lowest BCUT2D eigenvalue weighted by Crippen LogP contribution is -2.42. The van der Waals surface area contributed by atoms with E-state index >= 15 is 0 Å². The molecule has 0 N–H and O–H groups in total. The van der Waals surface area contributed by atoms with Gasteiger partial charge in [-0.2, -0.15) is 4.39 Å². The van der Waals surface area contributed by atoms with Crippen LogP contribution < -0.4 is 4.74 Å². The fourth-order valence-electron chi connectivity index (χ4n) is 2.45. The standard InChI is InChI=1S/C14H16F4O2/c1-13(14(2,17)18)6-8(7-20-13)9-4-5-10(15)11(16)12(9)19-3/h4-5,8H,6-7H2,1-3H3. The van der Waals surface area contributed by atoms with Gasteiger partial charge in [0.25, 0.3) is 5.92 Å². The Balaban J connectivity index is 2.34. The molecule has 1 fully saturated rings. The van der Waals surface area contributed by atoms with E-state index in [4.69, 9.17) is 9.47 Å². The van der Waals surface area contributed by atoms with Crippen LogP contribution in [-0.4, -0.2) is 25.2 Å². The summed E-state index contributed by atoms with van der Waals surface area (Å²) in [7, 11) is 1.21. The molecule has 0 spiro atoms. The number of hydrogen-bond acceptors (Lipinski definition) is 2. The highest BCUT2D eigenvalue weighted by Crippen LogP contribution is 2.47. The van der Waals surface area contributed by atoms with E-state index < -0.39 is 29.1 Å². The fraction of sp³-hybridized carbons (Fsp3) is 0.571. The molecule has 0 aromatic heterocycles. The van der Waals surface area contributed by atoms with Gasteiger partial charge in [-0.05, 0) is 19.4 Å². The van der Waals surface area contributed by atoms with E-state index in [0.717, 1.165) is 13.0 Å². The molecular weight excluding hydrogens is 276 g/mol. The summed E-state index contributed by atoms with van der Waals surface area (Å²) in [6, 6.07) is 2.32. The van der Waals surface area contributed by atoms with Gasteiger partial charge in [0.1, 0.15) is 5.60 Å². The maximum absolute atomic E-state index is 13.7.